The van der Waals surface area contributed by atoms with Crippen molar-refractivity contribution in [1.82, 2.24) is 4.72 Å². The largest absolute Gasteiger partial charge is 0.289 e. The van der Waals surface area contributed by atoms with Crippen molar-refractivity contribution >= 4 is 15.7 Å². The van der Waals surface area contributed by atoms with Crippen molar-refractivity contribution in [2.75, 3.05) is 6.54 Å². The van der Waals surface area contributed by atoms with Gasteiger partial charge >= 0.3 is 0 Å². The third-order valence-electron chi connectivity index (χ3n) is 2.61. The maximum Gasteiger partial charge on any atom is 0.289 e. The minimum Gasteiger partial charge on any atom is -0.258 e. The highest BCUT2D eigenvalue weighted by Crippen LogP contribution is 2.29. The van der Waals surface area contributed by atoms with E-state index >= 15 is 0 Å². The van der Waals surface area contributed by atoms with Crippen LogP contribution in [0.25, 0.3) is 0 Å². The molecule has 6 nitrogen and oxygen atoms in total. The summed E-state index contributed by atoms with van der Waals surface area (Å²) in [7, 11) is -3.78. The lowest BCUT2D eigenvalue weighted by Crippen LogP contribution is -2.26. The third-order valence-corrected chi connectivity index (χ3v) is 4.08. The highest BCUT2D eigenvalue weighted by atomic mass is 32.2. The summed E-state index contributed by atoms with van der Waals surface area (Å²) in [4.78, 5) is 9.77. The molecule has 1 aliphatic rings. The molecule has 0 bridgehead atoms. The maximum atomic E-state index is 11.9. The average Bonchev–Trinajstić information content (AvgIpc) is 3.10. The summed E-state index contributed by atoms with van der Waals surface area (Å²) in [5.74, 6) is 0.382. The number of nitrogens with one attached hydrogen (secondary N) is 1. The lowest BCUT2D eigenvalue weighted by atomic mass is 10.3. The molecule has 1 N–H and O–H groups in total. The van der Waals surface area contributed by atoms with Crippen molar-refractivity contribution in [3.8, 4) is 0 Å². The first-order valence-electron chi connectivity index (χ1n) is 5.24. The number of hydrogen-bond donors (Lipinski definition) is 1. The van der Waals surface area contributed by atoms with Gasteiger partial charge in [-0.2, -0.15) is 0 Å². The summed E-state index contributed by atoms with van der Waals surface area (Å²) in [6, 6.07) is 5.34. The van der Waals surface area contributed by atoms with Crippen LogP contribution >= 0.6 is 0 Å². The van der Waals surface area contributed by atoms with E-state index in [0.717, 1.165) is 12.8 Å². The van der Waals surface area contributed by atoms with E-state index in [2.05, 4.69) is 4.72 Å². The minimum atomic E-state index is -3.78. The van der Waals surface area contributed by atoms with Gasteiger partial charge in [0.15, 0.2) is 4.90 Å². The van der Waals surface area contributed by atoms with Crippen LogP contribution in [0.2, 0.25) is 0 Å². The van der Waals surface area contributed by atoms with Gasteiger partial charge in [-0.1, -0.05) is 12.1 Å². The van der Waals surface area contributed by atoms with Gasteiger partial charge in [0.2, 0.25) is 10.0 Å². The molecule has 92 valence electrons. The summed E-state index contributed by atoms with van der Waals surface area (Å²) in [5.41, 5.74) is -0.393. The van der Waals surface area contributed by atoms with Crippen LogP contribution in [0, 0.1) is 16.0 Å². The molecule has 0 spiro atoms. The van der Waals surface area contributed by atoms with Crippen molar-refractivity contribution in [2.45, 2.75) is 17.7 Å². The Morgan fingerprint density at radius 2 is 2.00 bits per heavy atom. The van der Waals surface area contributed by atoms with Crippen LogP contribution in [0.15, 0.2) is 29.2 Å². The van der Waals surface area contributed by atoms with Crippen LogP contribution in [0.3, 0.4) is 0 Å². The van der Waals surface area contributed by atoms with Gasteiger partial charge in [0, 0.05) is 12.6 Å². The Hall–Kier alpha value is -1.47. The fourth-order valence-electron chi connectivity index (χ4n) is 1.46. The van der Waals surface area contributed by atoms with Crippen molar-refractivity contribution in [3.63, 3.8) is 0 Å². The summed E-state index contributed by atoms with van der Waals surface area (Å²) in [6.45, 7) is 0.356. The molecule has 0 atom stereocenters. The van der Waals surface area contributed by atoms with Crippen LogP contribution in [-0.2, 0) is 10.0 Å². The quantitative estimate of drug-likeness (QED) is 0.634. The first kappa shape index (κ1) is 12.0. The van der Waals surface area contributed by atoms with E-state index in [1.807, 2.05) is 0 Å². The molecule has 17 heavy (non-hydrogen) atoms. The highest BCUT2D eigenvalue weighted by Gasteiger charge is 2.28. The second-order valence-electron chi connectivity index (χ2n) is 4.02. The monoisotopic (exact) mass is 256 g/mol. The van der Waals surface area contributed by atoms with Crippen LogP contribution in [0.5, 0.6) is 0 Å². The first-order chi connectivity index (χ1) is 8.00. The number of para-hydroxylation sites is 1. The smallest absolute Gasteiger partial charge is 0.258 e. The van der Waals surface area contributed by atoms with Gasteiger partial charge in [-0.25, -0.2) is 13.1 Å². The highest BCUT2D eigenvalue weighted by molar-refractivity contribution is 7.89. The Morgan fingerprint density at radius 3 is 2.59 bits per heavy atom. The molecule has 0 unspecified atom stereocenters. The molecule has 0 aliphatic heterocycles. The van der Waals surface area contributed by atoms with E-state index in [1.165, 1.54) is 24.3 Å². The van der Waals surface area contributed by atoms with Crippen molar-refractivity contribution < 1.29 is 13.3 Å². The lowest BCUT2D eigenvalue weighted by Gasteiger charge is -2.06. The van der Waals surface area contributed by atoms with Gasteiger partial charge in [0.05, 0.1) is 4.92 Å². The molecule has 0 aromatic heterocycles. The van der Waals surface area contributed by atoms with Gasteiger partial charge < -0.3 is 0 Å². The Bertz CT molecular complexity index is 537. The number of hydrogen-bond acceptors (Lipinski definition) is 4. The second-order valence-corrected chi connectivity index (χ2v) is 5.76. The van der Waals surface area contributed by atoms with E-state index in [0.29, 0.717) is 12.5 Å². The van der Waals surface area contributed by atoms with E-state index in [-0.39, 0.29) is 4.90 Å². The second kappa shape index (κ2) is 4.42. The fourth-order valence-corrected chi connectivity index (χ4v) is 2.75. The molecule has 1 aromatic rings. The molecule has 1 saturated carbocycles. The topological polar surface area (TPSA) is 89.3 Å². The van der Waals surface area contributed by atoms with Gasteiger partial charge in [-0.05, 0) is 24.8 Å². The van der Waals surface area contributed by atoms with E-state index in [9.17, 15) is 18.5 Å². The molecule has 0 radical (unpaired) electrons. The average molecular weight is 256 g/mol. The maximum absolute atomic E-state index is 11.9. The zero-order valence-electron chi connectivity index (χ0n) is 9.00. The van der Waals surface area contributed by atoms with Gasteiger partial charge in [-0.3, -0.25) is 10.1 Å². The number of nitrogens with zero attached hydrogens (tertiary/aromatic N) is 1. The summed E-state index contributed by atoms with van der Waals surface area (Å²) < 4.78 is 26.1. The Kier molecular flexibility index (Phi) is 3.12. The summed E-state index contributed by atoms with van der Waals surface area (Å²) in [5, 5.41) is 10.7. The van der Waals surface area contributed by atoms with Crippen LogP contribution in [0.4, 0.5) is 5.69 Å². The van der Waals surface area contributed by atoms with Crippen LogP contribution in [0.1, 0.15) is 12.8 Å². The van der Waals surface area contributed by atoms with Gasteiger partial charge in [0.1, 0.15) is 0 Å². The van der Waals surface area contributed by atoms with Crippen molar-refractivity contribution in [1.29, 1.82) is 0 Å². The third kappa shape index (κ3) is 2.80. The normalized spacial score (nSPS) is 15.8. The Morgan fingerprint density at radius 1 is 1.35 bits per heavy atom. The zero-order chi connectivity index (χ0) is 12.5. The number of nitro benzene ring substituents is 1. The molecule has 0 amide bonds. The first-order valence-corrected chi connectivity index (χ1v) is 6.72. The molecule has 1 aromatic carbocycles. The van der Waals surface area contributed by atoms with Crippen molar-refractivity contribution in [2.24, 2.45) is 5.92 Å². The fraction of sp³-hybridized carbons (Fsp3) is 0.400. The molecular weight excluding hydrogens is 244 g/mol. The Labute approximate surface area is 98.8 Å². The molecule has 1 fully saturated rings. The molecule has 1 aliphatic carbocycles. The van der Waals surface area contributed by atoms with Gasteiger partial charge in [0.25, 0.3) is 5.69 Å². The van der Waals surface area contributed by atoms with Crippen LogP contribution in [-0.4, -0.2) is 19.9 Å². The number of rotatable bonds is 5. The summed E-state index contributed by atoms with van der Waals surface area (Å²) in [6.07, 6.45) is 2.03. The minimum absolute atomic E-state index is 0.273. The van der Waals surface area contributed by atoms with E-state index in [1.54, 1.807) is 0 Å². The van der Waals surface area contributed by atoms with E-state index in [4.69, 9.17) is 0 Å². The van der Waals surface area contributed by atoms with E-state index < -0.39 is 20.6 Å². The number of benzene rings is 1. The summed E-state index contributed by atoms with van der Waals surface area (Å²) >= 11 is 0. The molecule has 0 saturated heterocycles. The van der Waals surface area contributed by atoms with Crippen LogP contribution < -0.4 is 4.72 Å². The predicted octanol–water partition coefficient (Wildman–Crippen LogP) is 1.28. The van der Waals surface area contributed by atoms with Gasteiger partial charge in [-0.15, -0.1) is 0 Å². The Balaban J connectivity index is 2.27. The number of sulfonamides is 1. The molecule has 0 heterocycles. The SMILES string of the molecule is O=[N+]([O-])c1ccccc1S(=O)(=O)NCC1CC1. The molecular formula is C10H12N2O4S. The zero-order valence-corrected chi connectivity index (χ0v) is 9.81. The molecule has 2 rings (SSSR count). The standard InChI is InChI=1S/C10H12N2O4S/c13-12(14)9-3-1-2-4-10(9)17(15,16)11-7-8-5-6-8/h1-4,8,11H,5-7H2. The van der Waals surface area contributed by atoms with Crippen molar-refractivity contribution in [3.05, 3.63) is 34.4 Å². The number of nitro groups is 1. The molecule has 7 heteroatoms. The lowest BCUT2D eigenvalue weighted by molar-refractivity contribution is -0.387. The predicted molar refractivity (Wildman–Crippen MR) is 61.0 cm³/mol.